The van der Waals surface area contributed by atoms with Gasteiger partial charge in [0.05, 0.1) is 0 Å². The minimum Gasteiger partial charge on any atom is -1.00 e. The maximum absolute atomic E-state index is 8.80. The molecule has 0 aromatic carbocycles. The molecule has 48 valence electrons. The molecule has 0 unspecified atom stereocenters. The van der Waals surface area contributed by atoms with Crippen LogP contribution in [0.15, 0.2) is 0 Å². The molecule has 0 spiro atoms. The molecule has 0 saturated heterocycles. The van der Waals surface area contributed by atoms with Gasteiger partial charge in [-0.15, -0.1) is 0 Å². The van der Waals surface area contributed by atoms with E-state index in [0.717, 1.165) is 0 Å². The molecule has 0 aromatic rings. The SMILES string of the molecule is [Al+3].[F-].[K+].[O-][Si]([O-])(O)O.[OH-]. The summed E-state index contributed by atoms with van der Waals surface area (Å²) in [4.78, 5) is 31.8. The van der Waals surface area contributed by atoms with Crippen LogP contribution in [0.1, 0.15) is 0 Å². The monoisotopic (exact) mass is 196 g/mol. The van der Waals surface area contributed by atoms with E-state index >= 15 is 0 Å². The summed E-state index contributed by atoms with van der Waals surface area (Å²) in [5, 5.41) is 0. The summed E-state index contributed by atoms with van der Waals surface area (Å²) in [5.41, 5.74) is 0. The number of rotatable bonds is 0. The van der Waals surface area contributed by atoms with Crippen LogP contribution in [0.25, 0.3) is 0 Å². The molecule has 0 bridgehead atoms. The molecule has 0 aliphatic rings. The summed E-state index contributed by atoms with van der Waals surface area (Å²) < 4.78 is 0. The van der Waals surface area contributed by atoms with Crippen molar-refractivity contribution in [2.75, 3.05) is 0 Å². The second-order valence-electron chi connectivity index (χ2n) is 0.548. The smallest absolute Gasteiger partial charge is 1.00 e. The van der Waals surface area contributed by atoms with Crippen LogP contribution >= 0.6 is 0 Å². The average molecular weight is 196 g/mol. The third-order valence-electron chi connectivity index (χ3n) is 0. The van der Waals surface area contributed by atoms with Gasteiger partial charge in [-0.05, 0) is 0 Å². The van der Waals surface area contributed by atoms with Gasteiger partial charge in [0.15, 0.2) is 0 Å². The van der Waals surface area contributed by atoms with Gasteiger partial charge in [-0.1, -0.05) is 0 Å². The molecule has 9 heavy (non-hydrogen) atoms. The summed E-state index contributed by atoms with van der Waals surface area (Å²) in [6, 6.07) is 0. The Morgan fingerprint density at radius 1 is 1.11 bits per heavy atom. The Balaban J connectivity index is -0.0000000133. The van der Waals surface area contributed by atoms with Gasteiger partial charge in [0.2, 0.25) is 0 Å². The Labute approximate surface area is 105 Å². The van der Waals surface area contributed by atoms with Crippen molar-refractivity contribution < 1.29 is 80.7 Å². The Kier molecular flexibility index (Phi) is 43.1. The second-order valence-corrected chi connectivity index (χ2v) is 1.65. The molecule has 0 saturated carbocycles. The van der Waals surface area contributed by atoms with Gasteiger partial charge in [-0.25, -0.2) is 0 Å². The maximum atomic E-state index is 8.80. The Bertz CT molecular complexity index is 32.4. The van der Waals surface area contributed by atoms with Crippen LogP contribution in [0.2, 0.25) is 0 Å². The summed E-state index contributed by atoms with van der Waals surface area (Å²) in [6.07, 6.45) is 0. The quantitative estimate of drug-likeness (QED) is 0.373. The van der Waals surface area contributed by atoms with Gasteiger partial charge >= 0.3 is 68.7 Å². The summed E-state index contributed by atoms with van der Waals surface area (Å²) in [6.45, 7) is 0. The Morgan fingerprint density at radius 2 is 1.11 bits per heavy atom. The van der Waals surface area contributed by atoms with Crippen LogP contribution in [-0.4, -0.2) is 41.5 Å². The van der Waals surface area contributed by atoms with E-state index in [1.807, 2.05) is 0 Å². The molecule has 0 aliphatic heterocycles. The van der Waals surface area contributed by atoms with Crippen molar-refractivity contribution in [3.05, 3.63) is 0 Å². The Morgan fingerprint density at radius 3 is 1.11 bits per heavy atom. The molecule has 3 N–H and O–H groups in total. The van der Waals surface area contributed by atoms with Crippen molar-refractivity contribution in [1.82, 2.24) is 0 Å². The first-order chi connectivity index (χ1) is 2.00. The number of halogens is 1. The molecule has 0 amide bonds. The van der Waals surface area contributed by atoms with E-state index in [1.54, 1.807) is 0 Å². The first-order valence-corrected chi connectivity index (χ1v) is 2.57. The molecule has 5 nitrogen and oxygen atoms in total. The number of hydrogen-bond acceptors (Lipinski definition) is 5. The topological polar surface area (TPSA) is 117 Å². The molecule has 0 aliphatic carbocycles. The molecule has 9 heteroatoms. The van der Waals surface area contributed by atoms with E-state index in [2.05, 4.69) is 0 Å². The van der Waals surface area contributed by atoms with Gasteiger partial charge in [0.1, 0.15) is 9.05 Å². The molecular weight excluding hydrogens is 193 g/mol. The van der Waals surface area contributed by atoms with Gasteiger partial charge in [-0.3, -0.25) is 0 Å². The summed E-state index contributed by atoms with van der Waals surface area (Å²) in [5.74, 6) is 0. The maximum Gasteiger partial charge on any atom is 3.00 e. The van der Waals surface area contributed by atoms with Gasteiger partial charge < -0.3 is 29.4 Å². The zero-order valence-corrected chi connectivity index (χ0v) is 9.89. The molecule has 0 fully saturated rings. The summed E-state index contributed by atoms with van der Waals surface area (Å²) in [7, 11) is -5.11. The fourth-order valence-corrected chi connectivity index (χ4v) is 0. The van der Waals surface area contributed by atoms with E-state index in [-0.39, 0.29) is 78.9 Å². The van der Waals surface area contributed by atoms with Gasteiger partial charge in [0, 0.05) is 0 Å². The fourth-order valence-electron chi connectivity index (χ4n) is 0. The second kappa shape index (κ2) is 12.8. The minimum atomic E-state index is -5.11. The normalized spacial score (nSPS) is 6.67. The minimum absolute atomic E-state index is 0. The molecule has 0 rings (SSSR count). The van der Waals surface area contributed by atoms with Crippen LogP contribution in [0.4, 0.5) is 0 Å². The Hall–Kier alpha value is 2.12. The van der Waals surface area contributed by atoms with E-state index in [1.165, 1.54) is 0 Å². The molecule has 0 aromatic heterocycles. The van der Waals surface area contributed by atoms with E-state index < -0.39 is 9.05 Å². The van der Waals surface area contributed by atoms with E-state index in [9.17, 15) is 0 Å². The van der Waals surface area contributed by atoms with Gasteiger partial charge in [-0.2, -0.15) is 0 Å². The van der Waals surface area contributed by atoms with Crippen LogP contribution in [0.5, 0.6) is 0 Å². The van der Waals surface area contributed by atoms with Gasteiger partial charge in [0.25, 0.3) is 0 Å². The van der Waals surface area contributed by atoms with Crippen molar-refractivity contribution >= 4 is 26.4 Å². The predicted octanol–water partition coefficient (Wildman–Crippen LogP) is -10.4. The first-order valence-electron chi connectivity index (χ1n) is 0.855. The zero-order valence-electron chi connectivity index (χ0n) is 4.61. The average Bonchev–Trinajstić information content (AvgIpc) is 0.722. The molecule has 0 atom stereocenters. The third kappa shape index (κ3) is 149. The van der Waals surface area contributed by atoms with Crippen molar-refractivity contribution in [1.29, 1.82) is 0 Å². The standard InChI is InChI=1S/Al.FH.K.H2O4Si.H2O/c;;;1-5(2,3)4;/h;1H;;1-2H;1H2/q+3;;+1;-2;/p-2. The fraction of sp³-hybridized carbons (Fsp3) is 0. The van der Waals surface area contributed by atoms with Crippen LogP contribution in [0.3, 0.4) is 0 Å². The van der Waals surface area contributed by atoms with Crippen molar-refractivity contribution in [2.45, 2.75) is 0 Å². The summed E-state index contributed by atoms with van der Waals surface area (Å²) >= 11 is 0. The predicted molar refractivity (Wildman–Crippen MR) is 17.9 cm³/mol. The van der Waals surface area contributed by atoms with E-state index in [0.29, 0.717) is 0 Å². The molecule has 0 radical (unpaired) electrons. The number of hydrogen-bond donors (Lipinski definition) is 2. The van der Waals surface area contributed by atoms with E-state index in [4.69, 9.17) is 19.2 Å². The molecule has 0 heterocycles. The van der Waals surface area contributed by atoms with Crippen LogP contribution in [0, 0.1) is 0 Å². The van der Waals surface area contributed by atoms with Crippen LogP contribution in [-0.2, 0) is 0 Å². The van der Waals surface area contributed by atoms with Crippen LogP contribution < -0.4 is 65.7 Å². The third-order valence-corrected chi connectivity index (χ3v) is 0. The first kappa shape index (κ1) is 30.4. The zero-order chi connectivity index (χ0) is 4.50. The largest absolute Gasteiger partial charge is 3.00 e. The van der Waals surface area contributed by atoms with Crippen molar-refractivity contribution in [3.8, 4) is 0 Å². The molecular formula is H3AlFKO5Si. The van der Waals surface area contributed by atoms with Crippen molar-refractivity contribution in [3.63, 3.8) is 0 Å². The van der Waals surface area contributed by atoms with Crippen molar-refractivity contribution in [2.24, 2.45) is 0 Å².